The summed E-state index contributed by atoms with van der Waals surface area (Å²) in [4.78, 5) is 85.0. The molecule has 2 saturated heterocycles. The molecule has 21 nitrogen and oxygen atoms in total. The number of morpholine rings is 1. The van der Waals surface area contributed by atoms with E-state index in [0.29, 0.717) is 80.6 Å². The molecule has 0 spiro atoms. The average molecular weight is 1050 g/mol. The summed E-state index contributed by atoms with van der Waals surface area (Å²) in [5.74, 6) is -3.22. The van der Waals surface area contributed by atoms with Gasteiger partial charge in [0.05, 0.1) is 63.4 Å². The number of amides is 3. The summed E-state index contributed by atoms with van der Waals surface area (Å²) in [6.45, 7) is 7.83. The number of methoxy groups -OCH3 is 1. The second kappa shape index (κ2) is 24.1. The third kappa shape index (κ3) is 14.3. The zero-order valence-electron chi connectivity index (χ0n) is 41.2. The predicted octanol–water partition coefficient (Wildman–Crippen LogP) is 3.97. The number of anilines is 1. The van der Waals surface area contributed by atoms with E-state index in [1.807, 2.05) is 26.0 Å². The van der Waals surface area contributed by atoms with E-state index in [1.165, 1.54) is 0 Å². The molecule has 3 amide bonds. The second-order valence-electron chi connectivity index (χ2n) is 19.0. The third-order valence-electron chi connectivity index (χ3n) is 12.8. The van der Waals surface area contributed by atoms with Gasteiger partial charge >= 0.3 is 17.9 Å². The number of nitrogens with zero attached hydrogens (tertiary/aromatic N) is 7. The molecule has 3 aromatic carbocycles. The van der Waals surface area contributed by atoms with Crippen molar-refractivity contribution in [2.45, 2.75) is 45.4 Å². The van der Waals surface area contributed by atoms with Crippen LogP contribution in [0.4, 0.5) is 5.69 Å². The first kappa shape index (κ1) is 54.4. The fourth-order valence-electron chi connectivity index (χ4n) is 9.27. The van der Waals surface area contributed by atoms with Crippen LogP contribution in [0.2, 0.25) is 10.0 Å². The monoisotopic (exact) mass is 1050 g/mol. The summed E-state index contributed by atoms with van der Waals surface area (Å²) in [6.07, 6.45) is -0.0793. The largest absolute Gasteiger partial charge is 0.496 e. The first-order valence-electron chi connectivity index (χ1n) is 23.8. The van der Waals surface area contributed by atoms with Gasteiger partial charge in [-0.05, 0) is 62.7 Å². The van der Waals surface area contributed by atoms with Crippen molar-refractivity contribution in [3.8, 4) is 39.6 Å². The highest BCUT2D eigenvalue weighted by Crippen LogP contribution is 2.47. The number of ether oxygens (including phenoxy) is 3. The number of hydrogen-bond acceptors (Lipinski definition) is 14. The maximum Gasteiger partial charge on any atom is 0.317 e. The van der Waals surface area contributed by atoms with Crippen LogP contribution in [0, 0.1) is 0 Å². The minimum atomic E-state index is -1.05. The third-order valence-corrected chi connectivity index (χ3v) is 13.3. The number of aromatic nitrogens is 2. The predicted molar refractivity (Wildman–Crippen MR) is 271 cm³/mol. The molecule has 0 aliphatic carbocycles. The Morgan fingerprint density at radius 1 is 0.753 bits per heavy atom. The van der Waals surface area contributed by atoms with E-state index in [0.717, 1.165) is 0 Å². The number of carboxylic acid groups (broad SMARTS) is 3. The molecular weight excluding hydrogens is 990 g/mol. The zero-order chi connectivity index (χ0) is 52.6. The first-order chi connectivity index (χ1) is 34.8. The number of carbonyl (C=O) groups excluding carboxylic acids is 3. The highest BCUT2D eigenvalue weighted by Gasteiger charge is 2.39. The van der Waals surface area contributed by atoms with Gasteiger partial charge in [-0.25, -0.2) is 4.68 Å². The molecule has 73 heavy (non-hydrogen) atoms. The van der Waals surface area contributed by atoms with Crippen molar-refractivity contribution in [1.82, 2.24) is 39.6 Å². The molecule has 392 valence electrons. The van der Waals surface area contributed by atoms with Gasteiger partial charge in [0, 0.05) is 110 Å². The summed E-state index contributed by atoms with van der Waals surface area (Å²) >= 11 is 13.0. The van der Waals surface area contributed by atoms with Crippen LogP contribution in [-0.4, -0.2) is 202 Å². The van der Waals surface area contributed by atoms with Crippen LogP contribution >= 0.6 is 23.2 Å². The van der Waals surface area contributed by atoms with E-state index in [1.54, 1.807) is 85.7 Å². The van der Waals surface area contributed by atoms with Gasteiger partial charge in [-0.3, -0.25) is 48.4 Å². The van der Waals surface area contributed by atoms with Gasteiger partial charge in [0.2, 0.25) is 11.8 Å². The van der Waals surface area contributed by atoms with Gasteiger partial charge in [0.1, 0.15) is 18.1 Å². The lowest BCUT2D eigenvalue weighted by atomic mass is 9.95. The quantitative estimate of drug-likeness (QED) is 0.107. The smallest absolute Gasteiger partial charge is 0.317 e. The highest BCUT2D eigenvalue weighted by molar-refractivity contribution is 6.34. The zero-order valence-corrected chi connectivity index (χ0v) is 42.7. The summed E-state index contributed by atoms with van der Waals surface area (Å²) < 4.78 is 19.6. The van der Waals surface area contributed by atoms with E-state index >= 15 is 0 Å². The van der Waals surface area contributed by atoms with Crippen LogP contribution in [0.15, 0.2) is 54.6 Å². The normalized spacial score (nSPS) is 17.4. The molecule has 4 aromatic rings. The second-order valence-corrected chi connectivity index (χ2v) is 19.8. The number of carboxylic acids is 3. The van der Waals surface area contributed by atoms with Crippen LogP contribution in [0.1, 0.15) is 43.2 Å². The Labute approximate surface area is 432 Å². The van der Waals surface area contributed by atoms with Crippen LogP contribution in [0.5, 0.6) is 11.5 Å². The van der Waals surface area contributed by atoms with E-state index in [-0.39, 0.29) is 115 Å². The molecule has 2 fully saturated rings. The van der Waals surface area contributed by atoms with Gasteiger partial charge in [-0.15, -0.1) is 0 Å². The Bertz CT molecular complexity index is 2670. The summed E-state index contributed by atoms with van der Waals surface area (Å²) in [6, 6.07) is 15.3. The van der Waals surface area contributed by atoms with Crippen molar-refractivity contribution in [2.24, 2.45) is 0 Å². The number of nitrogens with one attached hydrogen (secondary N) is 2. The number of aliphatic carboxylic acids is 3. The molecule has 7 rings (SSSR count). The number of benzene rings is 3. The van der Waals surface area contributed by atoms with Crippen molar-refractivity contribution >= 4 is 64.5 Å². The van der Waals surface area contributed by atoms with E-state index in [9.17, 15) is 44.1 Å². The lowest BCUT2D eigenvalue weighted by molar-refractivity contribution is -0.140. The number of halogens is 2. The van der Waals surface area contributed by atoms with E-state index in [4.69, 9.17) is 42.5 Å². The Morgan fingerprint density at radius 3 is 1.88 bits per heavy atom. The summed E-state index contributed by atoms with van der Waals surface area (Å²) in [5, 5.41) is 40.1. The molecule has 23 heteroatoms. The lowest BCUT2D eigenvalue weighted by Gasteiger charge is -2.41. The highest BCUT2D eigenvalue weighted by atomic mass is 35.5. The first-order valence-corrected chi connectivity index (χ1v) is 24.6. The Balaban J connectivity index is 1.06. The number of rotatable bonds is 16. The van der Waals surface area contributed by atoms with E-state index in [2.05, 4.69) is 10.6 Å². The fourth-order valence-corrected chi connectivity index (χ4v) is 9.79. The van der Waals surface area contributed by atoms with Crippen LogP contribution in [-0.2, 0) is 35.3 Å². The molecule has 0 unspecified atom stereocenters. The Kier molecular flexibility index (Phi) is 18.0. The lowest BCUT2D eigenvalue weighted by Crippen LogP contribution is -2.55. The average Bonchev–Trinajstić information content (AvgIpc) is 3.71. The molecule has 0 bridgehead atoms. The van der Waals surface area contributed by atoms with Gasteiger partial charge in [-0.1, -0.05) is 35.3 Å². The number of carbonyl (C=O) groups is 6. The van der Waals surface area contributed by atoms with Gasteiger partial charge in [-0.2, -0.15) is 5.10 Å². The van der Waals surface area contributed by atoms with Crippen molar-refractivity contribution < 1.29 is 58.3 Å². The maximum absolute atomic E-state index is 14.4. The molecule has 1 atom stereocenters. The molecule has 0 saturated carbocycles. The number of fused-ring (bicyclic) bond motifs is 3. The molecule has 3 aliphatic rings. The summed E-state index contributed by atoms with van der Waals surface area (Å²) in [5.41, 5.74) is 3.75. The van der Waals surface area contributed by atoms with Crippen molar-refractivity contribution in [1.29, 1.82) is 0 Å². The molecule has 0 radical (unpaired) electrons. The summed E-state index contributed by atoms with van der Waals surface area (Å²) in [7, 11) is 1.54. The van der Waals surface area contributed by atoms with Crippen LogP contribution < -0.4 is 20.1 Å². The Morgan fingerprint density at radius 2 is 1.33 bits per heavy atom. The van der Waals surface area contributed by atoms with Crippen LogP contribution in [0.3, 0.4) is 0 Å². The minimum Gasteiger partial charge on any atom is -0.496 e. The molecule has 4 heterocycles. The van der Waals surface area contributed by atoms with Crippen LogP contribution in [0.25, 0.3) is 28.1 Å². The fraction of sp³-hybridized carbons (Fsp3) is 0.460. The topological polar surface area (TPSA) is 249 Å². The Hall–Kier alpha value is -6.33. The SMILES string of the molecule is COc1cc2c(cc1-c1cccc(NC(=O)C[C@H](C)NC(=O)CN3CCN(CC(=O)O)CCN(CC(=O)O)CCN(CC(=O)O)CC3)c1)-c1c(c(C(=O)N3CCOCC3(C)C)nn1-c1cc(Cl)cc(Cl)c1)CO2. The van der Waals surface area contributed by atoms with Gasteiger partial charge in [0.25, 0.3) is 5.91 Å². The maximum atomic E-state index is 14.4. The molecule has 3 aliphatic heterocycles. The molecule has 1 aromatic heterocycles. The minimum absolute atomic E-state index is 0.0438. The van der Waals surface area contributed by atoms with E-state index < -0.39 is 29.5 Å². The molecular formula is C50H61Cl2N9O12. The van der Waals surface area contributed by atoms with Crippen molar-refractivity contribution in [2.75, 3.05) is 111 Å². The van der Waals surface area contributed by atoms with Gasteiger partial charge in [0.15, 0.2) is 5.69 Å². The van der Waals surface area contributed by atoms with Crippen molar-refractivity contribution in [3.05, 3.63) is 75.9 Å². The molecule has 5 N–H and O–H groups in total. The number of hydrogen-bond donors (Lipinski definition) is 5. The standard InChI is InChI=1S/C50H61Cl2N9O12/c1-31(53-43(63)25-56-8-10-57(26-44(64)65)12-14-59(28-46(68)69)15-13-58(11-9-56)27-45(66)67)18-42(62)54-35-7-5-6-32(19-35)37-23-38-41(24-40(37)71-4)73-29-39-47(49(70)60-16-17-72-30-50(60,2)3)55-61(48(38)39)36-21-33(51)20-34(52)22-36/h5-7,19-24,31H,8-18,25-30H2,1-4H3,(H,53,63)(H,54,62)(H,64,65)(H,66,67)(H,68,69)/t31-/m0/s1. The van der Waals surface area contributed by atoms with Gasteiger partial charge < -0.3 is 45.1 Å². The van der Waals surface area contributed by atoms with Crippen molar-refractivity contribution in [3.63, 3.8) is 0 Å².